The predicted molar refractivity (Wildman–Crippen MR) is 125 cm³/mol. The van der Waals surface area contributed by atoms with Gasteiger partial charge in [-0.15, -0.1) is 0 Å². The third-order valence-electron chi connectivity index (χ3n) is 4.95. The average Bonchev–Trinajstić information content (AvgIpc) is 2.78. The third-order valence-corrected chi connectivity index (χ3v) is 5.05. The number of anilines is 1. The van der Waals surface area contributed by atoms with Crippen LogP contribution in [-0.4, -0.2) is 41.7 Å². The standard InChI is InChI=1S/C21H32BN3O4S/c1-19(2,3)27-18(26)24-13-15(22-28-20(4,5)21(6,7)29-22)12-14-10-8-9-11-16(14)25-17(23)30/h8-12H,13H2,1-7H3,(H,24,26)(H3,23,25,30). The van der Waals surface area contributed by atoms with E-state index in [1.54, 1.807) is 0 Å². The monoisotopic (exact) mass is 433 g/mol. The van der Waals surface area contributed by atoms with Crippen molar-refractivity contribution in [1.29, 1.82) is 0 Å². The van der Waals surface area contributed by atoms with E-state index in [1.807, 2.05) is 78.8 Å². The fourth-order valence-corrected chi connectivity index (χ4v) is 2.86. The molecule has 1 saturated heterocycles. The van der Waals surface area contributed by atoms with Crippen molar-refractivity contribution in [1.82, 2.24) is 5.32 Å². The zero-order valence-electron chi connectivity index (χ0n) is 18.8. The van der Waals surface area contributed by atoms with Gasteiger partial charge in [-0.3, -0.25) is 0 Å². The van der Waals surface area contributed by atoms with Crippen LogP contribution < -0.4 is 16.4 Å². The van der Waals surface area contributed by atoms with Crippen LogP contribution in [0.4, 0.5) is 10.5 Å². The van der Waals surface area contributed by atoms with Gasteiger partial charge in [0.2, 0.25) is 0 Å². The van der Waals surface area contributed by atoms with Crippen LogP contribution >= 0.6 is 12.2 Å². The van der Waals surface area contributed by atoms with Crippen molar-refractivity contribution >= 4 is 42.3 Å². The molecule has 0 radical (unpaired) electrons. The van der Waals surface area contributed by atoms with E-state index in [2.05, 4.69) is 10.6 Å². The van der Waals surface area contributed by atoms with Crippen molar-refractivity contribution in [2.24, 2.45) is 5.73 Å². The summed E-state index contributed by atoms with van der Waals surface area (Å²) in [6, 6.07) is 7.57. The average molecular weight is 433 g/mol. The van der Waals surface area contributed by atoms with E-state index in [9.17, 15) is 4.79 Å². The first-order valence-corrected chi connectivity index (χ1v) is 10.3. The first-order chi connectivity index (χ1) is 13.7. The van der Waals surface area contributed by atoms with Gasteiger partial charge in [0.1, 0.15) is 5.60 Å². The molecule has 1 aromatic rings. The number of carbonyl (C=O) groups excluding carboxylic acids is 1. The first-order valence-electron chi connectivity index (χ1n) is 9.89. The van der Waals surface area contributed by atoms with E-state index in [4.69, 9.17) is 32.0 Å². The maximum Gasteiger partial charge on any atom is 0.492 e. The van der Waals surface area contributed by atoms with E-state index in [0.717, 1.165) is 16.7 Å². The number of nitrogens with one attached hydrogen (secondary N) is 2. The number of amides is 1. The van der Waals surface area contributed by atoms with Crippen LogP contribution in [0.5, 0.6) is 0 Å². The van der Waals surface area contributed by atoms with Crippen molar-refractivity contribution in [3.63, 3.8) is 0 Å². The Hall–Kier alpha value is -2.10. The Balaban J connectivity index is 2.34. The van der Waals surface area contributed by atoms with Crippen LogP contribution in [0.3, 0.4) is 0 Å². The summed E-state index contributed by atoms with van der Waals surface area (Å²) in [6.45, 7) is 13.6. The molecule has 0 saturated carbocycles. The molecule has 164 valence electrons. The molecule has 2 rings (SSSR count). The summed E-state index contributed by atoms with van der Waals surface area (Å²) >= 11 is 4.98. The van der Waals surface area contributed by atoms with Crippen molar-refractivity contribution in [3.05, 3.63) is 35.3 Å². The first kappa shape index (κ1) is 24.2. The number of para-hydroxylation sites is 1. The SMILES string of the molecule is CC(C)(C)OC(=O)NCC(=Cc1ccccc1NC(N)=S)B1OC(C)(C)C(C)(C)O1. The minimum Gasteiger partial charge on any atom is -0.444 e. The largest absolute Gasteiger partial charge is 0.492 e. The Kier molecular flexibility index (Phi) is 7.22. The number of ether oxygens (including phenoxy) is 1. The smallest absolute Gasteiger partial charge is 0.444 e. The maximum absolute atomic E-state index is 12.2. The van der Waals surface area contributed by atoms with Crippen LogP contribution in [0.15, 0.2) is 29.7 Å². The quantitative estimate of drug-likeness (QED) is 0.479. The van der Waals surface area contributed by atoms with Gasteiger partial charge in [0, 0.05) is 12.2 Å². The molecule has 30 heavy (non-hydrogen) atoms. The van der Waals surface area contributed by atoms with Gasteiger partial charge in [0.15, 0.2) is 5.11 Å². The Labute approximate surface area is 184 Å². The summed E-state index contributed by atoms with van der Waals surface area (Å²) in [5, 5.41) is 5.93. The minimum atomic E-state index is -0.636. The summed E-state index contributed by atoms with van der Waals surface area (Å²) in [5.41, 5.74) is 6.34. The Bertz CT molecular complexity index is 818. The Morgan fingerprint density at radius 2 is 1.77 bits per heavy atom. The van der Waals surface area contributed by atoms with E-state index in [1.165, 1.54) is 0 Å². The third kappa shape index (κ3) is 6.45. The number of thiocarbonyl (C=S) groups is 1. The van der Waals surface area contributed by atoms with Gasteiger partial charge >= 0.3 is 13.2 Å². The second-order valence-electron chi connectivity index (χ2n) is 9.24. The van der Waals surface area contributed by atoms with Crippen LogP contribution in [0, 0.1) is 0 Å². The van der Waals surface area contributed by atoms with E-state index >= 15 is 0 Å². The number of rotatable bonds is 5. The molecule has 7 nitrogen and oxygen atoms in total. The van der Waals surface area contributed by atoms with Crippen molar-refractivity contribution in [2.75, 3.05) is 11.9 Å². The lowest BCUT2D eigenvalue weighted by molar-refractivity contribution is 0.00578. The molecule has 1 amide bonds. The number of nitrogens with two attached hydrogens (primary N) is 1. The van der Waals surface area contributed by atoms with Crippen LogP contribution in [0.25, 0.3) is 6.08 Å². The molecule has 0 aliphatic carbocycles. The van der Waals surface area contributed by atoms with Gasteiger partial charge in [0.05, 0.1) is 11.2 Å². The zero-order chi connectivity index (χ0) is 22.7. The molecule has 0 aromatic heterocycles. The van der Waals surface area contributed by atoms with Gasteiger partial charge in [0.25, 0.3) is 0 Å². The lowest BCUT2D eigenvalue weighted by atomic mass is 9.77. The minimum absolute atomic E-state index is 0.167. The molecule has 1 aliphatic rings. The molecule has 0 bridgehead atoms. The second kappa shape index (κ2) is 8.95. The summed E-state index contributed by atoms with van der Waals surface area (Å²) in [4.78, 5) is 12.2. The highest BCUT2D eigenvalue weighted by Crippen LogP contribution is 2.39. The van der Waals surface area contributed by atoms with Crippen LogP contribution in [0.1, 0.15) is 54.0 Å². The van der Waals surface area contributed by atoms with Gasteiger partial charge in [-0.05, 0) is 77.8 Å². The molecule has 1 fully saturated rings. The predicted octanol–water partition coefficient (Wildman–Crippen LogP) is 3.88. The highest BCUT2D eigenvalue weighted by atomic mass is 32.1. The number of hydrogen-bond donors (Lipinski definition) is 3. The highest BCUT2D eigenvalue weighted by Gasteiger charge is 2.52. The lowest BCUT2D eigenvalue weighted by Gasteiger charge is -2.32. The summed E-state index contributed by atoms with van der Waals surface area (Å²) in [5.74, 6) is 0. The van der Waals surface area contributed by atoms with Crippen LogP contribution in [-0.2, 0) is 14.0 Å². The topological polar surface area (TPSA) is 94.8 Å². The van der Waals surface area contributed by atoms with E-state index in [-0.39, 0.29) is 11.7 Å². The number of carbonyl (C=O) groups is 1. The summed E-state index contributed by atoms with van der Waals surface area (Å²) in [7, 11) is -0.636. The molecule has 1 heterocycles. The molecule has 0 spiro atoms. The fraction of sp³-hybridized carbons (Fsp3) is 0.524. The van der Waals surface area contributed by atoms with Gasteiger partial charge in [-0.1, -0.05) is 24.3 Å². The van der Waals surface area contributed by atoms with Gasteiger partial charge < -0.3 is 30.4 Å². The maximum atomic E-state index is 12.2. The molecular formula is C21H32BN3O4S. The molecule has 1 aromatic carbocycles. The lowest BCUT2D eigenvalue weighted by Crippen LogP contribution is -2.41. The van der Waals surface area contributed by atoms with Crippen molar-refractivity contribution in [2.45, 2.75) is 65.3 Å². The Morgan fingerprint density at radius 3 is 2.30 bits per heavy atom. The number of benzene rings is 1. The van der Waals surface area contributed by atoms with Crippen LogP contribution in [0.2, 0.25) is 0 Å². The molecule has 1 aliphatic heterocycles. The zero-order valence-corrected chi connectivity index (χ0v) is 19.6. The molecule has 0 atom stereocenters. The highest BCUT2D eigenvalue weighted by molar-refractivity contribution is 7.80. The molecule has 4 N–H and O–H groups in total. The number of alkyl carbamates (subject to hydrolysis) is 1. The second-order valence-corrected chi connectivity index (χ2v) is 9.68. The normalized spacial score (nSPS) is 18.1. The molecule has 9 heteroatoms. The fourth-order valence-electron chi connectivity index (χ4n) is 2.75. The van der Waals surface area contributed by atoms with Crippen molar-refractivity contribution < 1.29 is 18.8 Å². The van der Waals surface area contributed by atoms with Crippen molar-refractivity contribution in [3.8, 4) is 0 Å². The van der Waals surface area contributed by atoms with E-state index in [0.29, 0.717) is 0 Å². The van der Waals surface area contributed by atoms with E-state index < -0.39 is 30.0 Å². The molecule has 0 unspecified atom stereocenters. The van der Waals surface area contributed by atoms with Gasteiger partial charge in [-0.25, -0.2) is 4.79 Å². The Morgan fingerprint density at radius 1 is 1.20 bits per heavy atom. The van der Waals surface area contributed by atoms with Gasteiger partial charge in [-0.2, -0.15) is 0 Å². The molecular weight excluding hydrogens is 401 g/mol. The number of hydrogen-bond acceptors (Lipinski definition) is 5. The summed E-state index contributed by atoms with van der Waals surface area (Å²) < 4.78 is 17.8. The summed E-state index contributed by atoms with van der Waals surface area (Å²) in [6.07, 6.45) is 1.39.